The summed E-state index contributed by atoms with van der Waals surface area (Å²) >= 11 is 0. The van der Waals surface area contributed by atoms with E-state index < -0.39 is 11.6 Å². The lowest BCUT2D eigenvalue weighted by molar-refractivity contribution is -0.133. The maximum Gasteiger partial charge on any atom is 0.324 e. The fraction of sp³-hybridized carbons (Fsp3) is 0.640. The van der Waals surface area contributed by atoms with Crippen LogP contribution in [0.3, 0.4) is 0 Å². The Bertz CT molecular complexity index is 1010. The van der Waals surface area contributed by atoms with Gasteiger partial charge in [0.25, 0.3) is 0 Å². The number of hydrogen-bond donors (Lipinski definition) is 0. The fourth-order valence-electron chi connectivity index (χ4n) is 5.25. The van der Waals surface area contributed by atoms with Gasteiger partial charge >= 0.3 is 6.01 Å². The Morgan fingerprint density at radius 1 is 1.17 bits per heavy atom. The summed E-state index contributed by atoms with van der Waals surface area (Å²) in [6.07, 6.45) is 4.90. The van der Waals surface area contributed by atoms with Crippen molar-refractivity contribution in [1.82, 2.24) is 15.0 Å². The Kier molecular flexibility index (Phi) is 7.17. The first-order valence-corrected chi connectivity index (χ1v) is 12.5. The fourth-order valence-corrected chi connectivity index (χ4v) is 5.25. The first kappa shape index (κ1) is 24.0. The molecule has 2 aliphatic heterocycles. The van der Waals surface area contributed by atoms with Gasteiger partial charge in [0.05, 0.1) is 13.0 Å². The second-order valence-electron chi connectivity index (χ2n) is 9.82. The Hall–Kier alpha value is -2.75. The van der Waals surface area contributed by atoms with E-state index in [2.05, 4.69) is 15.0 Å². The summed E-state index contributed by atoms with van der Waals surface area (Å²) < 4.78 is 44.9. The highest BCUT2D eigenvalue weighted by Gasteiger charge is 2.43. The van der Waals surface area contributed by atoms with Crippen LogP contribution in [0.5, 0.6) is 5.75 Å². The number of ether oxygens (including phenoxy) is 2. The van der Waals surface area contributed by atoms with Crippen molar-refractivity contribution in [3.8, 4) is 5.75 Å². The number of carbonyl (C=O) groups is 1. The average molecular weight is 491 g/mol. The molecular weight excluding hydrogens is 458 g/mol. The van der Waals surface area contributed by atoms with Crippen LogP contribution in [0.15, 0.2) is 16.7 Å². The topological polar surface area (TPSA) is 80.9 Å². The highest BCUT2D eigenvalue weighted by atomic mass is 19.1. The van der Waals surface area contributed by atoms with Crippen LogP contribution in [-0.4, -0.2) is 60.8 Å². The van der Waals surface area contributed by atoms with Crippen molar-refractivity contribution in [3.63, 3.8) is 0 Å². The van der Waals surface area contributed by atoms with Gasteiger partial charge in [-0.3, -0.25) is 4.79 Å². The second-order valence-corrected chi connectivity index (χ2v) is 9.82. The Morgan fingerprint density at radius 3 is 2.57 bits per heavy atom. The molecule has 1 aromatic carbocycles. The van der Waals surface area contributed by atoms with E-state index in [1.165, 1.54) is 18.6 Å². The van der Waals surface area contributed by atoms with Crippen molar-refractivity contribution >= 4 is 11.9 Å². The molecule has 0 N–H and O–H groups in total. The van der Waals surface area contributed by atoms with E-state index >= 15 is 0 Å². The third-order valence-electron chi connectivity index (χ3n) is 7.53. The summed E-state index contributed by atoms with van der Waals surface area (Å²) in [5.41, 5.74) is -0.182. The SMILES string of the molecule is COCc1noc(N2CCC([C@H]3C[C@@H]3CCOc3cc(F)c(CC(=O)N4CCC4)c(F)c3)CC2)n1. The van der Waals surface area contributed by atoms with Crippen molar-refractivity contribution in [1.29, 1.82) is 0 Å². The number of hydrogen-bond acceptors (Lipinski definition) is 7. The van der Waals surface area contributed by atoms with Gasteiger partial charge in [-0.05, 0) is 49.9 Å². The zero-order chi connectivity index (χ0) is 24.4. The molecule has 0 bridgehead atoms. The normalized spacial score (nSPS) is 22.3. The minimum atomic E-state index is -0.722. The summed E-state index contributed by atoms with van der Waals surface area (Å²) in [6, 6.07) is 2.95. The van der Waals surface area contributed by atoms with Gasteiger partial charge < -0.3 is 23.8 Å². The molecule has 2 saturated heterocycles. The van der Waals surface area contributed by atoms with Gasteiger partial charge in [0, 0.05) is 51.0 Å². The number of rotatable bonds is 10. The maximum absolute atomic E-state index is 14.4. The van der Waals surface area contributed by atoms with E-state index in [-0.39, 0.29) is 23.6 Å². The number of methoxy groups -OCH3 is 1. The van der Waals surface area contributed by atoms with Crippen LogP contribution in [0.2, 0.25) is 0 Å². The highest BCUT2D eigenvalue weighted by Crippen LogP contribution is 2.50. The number of halogens is 2. The highest BCUT2D eigenvalue weighted by molar-refractivity contribution is 5.79. The Labute approximate surface area is 203 Å². The number of nitrogens with zero attached hydrogens (tertiary/aromatic N) is 4. The van der Waals surface area contributed by atoms with E-state index in [9.17, 15) is 13.6 Å². The molecule has 3 fully saturated rings. The second kappa shape index (κ2) is 10.5. The number of anilines is 1. The van der Waals surface area contributed by atoms with E-state index in [1.54, 1.807) is 12.0 Å². The predicted molar refractivity (Wildman–Crippen MR) is 123 cm³/mol. The van der Waals surface area contributed by atoms with E-state index in [0.717, 1.165) is 38.8 Å². The number of benzene rings is 1. The molecule has 0 spiro atoms. The Morgan fingerprint density at radius 2 is 1.91 bits per heavy atom. The molecule has 2 aromatic rings. The molecule has 5 rings (SSSR count). The van der Waals surface area contributed by atoms with Gasteiger partial charge in [-0.25, -0.2) is 8.78 Å². The molecule has 1 aromatic heterocycles. The molecule has 1 aliphatic carbocycles. The number of carbonyl (C=O) groups excluding carboxylic acids is 1. The third kappa shape index (κ3) is 5.58. The summed E-state index contributed by atoms with van der Waals surface area (Å²) in [4.78, 5) is 20.2. The van der Waals surface area contributed by atoms with Crippen LogP contribution in [0.25, 0.3) is 0 Å². The lowest BCUT2D eigenvalue weighted by Gasteiger charge is -2.31. The summed E-state index contributed by atoms with van der Waals surface area (Å²) in [5.74, 6) is 0.986. The van der Waals surface area contributed by atoms with E-state index in [1.807, 2.05) is 0 Å². The molecule has 3 heterocycles. The van der Waals surface area contributed by atoms with Crippen LogP contribution in [0, 0.1) is 29.4 Å². The van der Waals surface area contributed by atoms with Crippen LogP contribution < -0.4 is 9.64 Å². The molecule has 2 atom stereocenters. The van der Waals surface area contributed by atoms with E-state index in [0.29, 0.717) is 55.9 Å². The average Bonchev–Trinajstić information content (AvgIpc) is 3.42. The Balaban J connectivity index is 1.04. The van der Waals surface area contributed by atoms with E-state index in [4.69, 9.17) is 14.0 Å². The minimum absolute atomic E-state index is 0.179. The molecule has 35 heavy (non-hydrogen) atoms. The molecule has 0 unspecified atom stereocenters. The molecule has 3 aliphatic rings. The lowest BCUT2D eigenvalue weighted by Crippen LogP contribution is -2.43. The molecular formula is C25H32F2N4O4. The van der Waals surface area contributed by atoms with Gasteiger partial charge in [-0.15, -0.1) is 0 Å². The molecule has 190 valence electrons. The van der Waals surface area contributed by atoms with Gasteiger partial charge in [0.1, 0.15) is 24.0 Å². The van der Waals surface area contributed by atoms with Gasteiger partial charge in [0.15, 0.2) is 5.82 Å². The van der Waals surface area contributed by atoms with Crippen LogP contribution >= 0.6 is 0 Å². The number of amides is 1. The van der Waals surface area contributed by atoms with Crippen molar-refractivity contribution in [2.45, 2.75) is 45.1 Å². The maximum atomic E-state index is 14.4. The van der Waals surface area contributed by atoms with Gasteiger partial charge in [-0.1, -0.05) is 5.16 Å². The van der Waals surface area contributed by atoms with Crippen molar-refractivity contribution in [2.24, 2.45) is 17.8 Å². The minimum Gasteiger partial charge on any atom is -0.493 e. The molecule has 0 radical (unpaired) electrons. The third-order valence-corrected chi connectivity index (χ3v) is 7.53. The van der Waals surface area contributed by atoms with Crippen LogP contribution in [-0.2, 0) is 22.6 Å². The quantitative estimate of drug-likeness (QED) is 0.504. The molecule has 1 saturated carbocycles. The number of likely N-dealkylation sites (tertiary alicyclic amines) is 1. The largest absolute Gasteiger partial charge is 0.493 e. The van der Waals surface area contributed by atoms with Gasteiger partial charge in [-0.2, -0.15) is 4.98 Å². The number of aromatic nitrogens is 2. The van der Waals surface area contributed by atoms with Crippen LogP contribution in [0.4, 0.5) is 14.8 Å². The zero-order valence-corrected chi connectivity index (χ0v) is 20.0. The number of piperidine rings is 1. The smallest absolute Gasteiger partial charge is 0.324 e. The molecule has 1 amide bonds. The molecule has 10 heteroatoms. The zero-order valence-electron chi connectivity index (χ0n) is 20.0. The van der Waals surface area contributed by atoms with Crippen molar-refractivity contribution in [3.05, 3.63) is 35.2 Å². The first-order chi connectivity index (χ1) is 17.0. The van der Waals surface area contributed by atoms with Crippen molar-refractivity contribution < 1.29 is 27.6 Å². The summed E-state index contributed by atoms with van der Waals surface area (Å²) in [6.45, 7) is 3.88. The van der Waals surface area contributed by atoms with Gasteiger partial charge in [0.2, 0.25) is 5.91 Å². The van der Waals surface area contributed by atoms with Crippen LogP contribution in [0.1, 0.15) is 43.5 Å². The van der Waals surface area contributed by atoms with Crippen molar-refractivity contribution in [2.75, 3.05) is 44.8 Å². The first-order valence-electron chi connectivity index (χ1n) is 12.5. The standard InChI is InChI=1S/C25H32F2N4O4/c1-33-15-23-28-25(35-29-23)31-8-3-16(4-9-31)19-11-17(19)5-10-34-18-12-21(26)20(22(27)13-18)14-24(32)30-6-2-7-30/h12-13,16-17,19H,2-11,14-15H2,1H3/t17-,19+/m0/s1. The summed E-state index contributed by atoms with van der Waals surface area (Å²) in [5, 5.41) is 3.93. The summed E-state index contributed by atoms with van der Waals surface area (Å²) in [7, 11) is 1.60. The lowest BCUT2D eigenvalue weighted by atomic mass is 9.90. The monoisotopic (exact) mass is 490 g/mol. The molecule has 8 nitrogen and oxygen atoms in total. The predicted octanol–water partition coefficient (Wildman–Crippen LogP) is 3.59.